The summed E-state index contributed by atoms with van der Waals surface area (Å²) in [5.41, 5.74) is 1.23. The van der Waals surface area contributed by atoms with Gasteiger partial charge < -0.3 is 4.74 Å². The Morgan fingerprint density at radius 3 is 2.04 bits per heavy atom. The maximum absolute atomic E-state index is 14.1. The second kappa shape index (κ2) is 7.11. The number of alkyl halides is 2. The van der Waals surface area contributed by atoms with E-state index in [0.717, 1.165) is 5.56 Å². The Hall–Kier alpha value is -2.60. The Bertz CT molecular complexity index is 742. The summed E-state index contributed by atoms with van der Waals surface area (Å²) in [6, 6.07) is 15.4. The molecule has 4 nitrogen and oxygen atoms in total. The van der Waals surface area contributed by atoms with Crippen LogP contribution in [0.4, 0.5) is 8.78 Å². The minimum atomic E-state index is -3.20. The van der Waals surface area contributed by atoms with E-state index in [1.165, 1.54) is 12.1 Å². The van der Waals surface area contributed by atoms with Gasteiger partial charge in [0, 0.05) is 6.42 Å². The fraction of sp³-hybridized carbons (Fsp3) is 0.263. The summed E-state index contributed by atoms with van der Waals surface area (Å²) in [7, 11) is 0. The van der Waals surface area contributed by atoms with Crippen molar-refractivity contribution >= 4 is 11.8 Å². The number of fused-ring (bicyclic) bond motifs is 1. The molecule has 0 aromatic heterocycles. The summed E-state index contributed by atoms with van der Waals surface area (Å²) in [4.78, 5) is 24.9. The Morgan fingerprint density at radius 2 is 1.44 bits per heavy atom. The topological polar surface area (TPSA) is 46.6 Å². The van der Waals surface area contributed by atoms with Gasteiger partial charge in [-0.25, -0.2) is 8.78 Å². The minimum absolute atomic E-state index is 0.162. The van der Waals surface area contributed by atoms with Crippen molar-refractivity contribution in [2.24, 2.45) is 0 Å². The Kier molecular flexibility index (Phi) is 4.90. The van der Waals surface area contributed by atoms with Crippen LogP contribution in [-0.4, -0.2) is 35.8 Å². The van der Waals surface area contributed by atoms with Crippen LogP contribution in [-0.2, 0) is 11.3 Å². The van der Waals surface area contributed by atoms with Crippen molar-refractivity contribution in [1.82, 2.24) is 4.90 Å². The van der Waals surface area contributed by atoms with Gasteiger partial charge in [0.2, 0.25) is 0 Å². The second-order valence-corrected chi connectivity index (χ2v) is 5.89. The van der Waals surface area contributed by atoms with Crippen LogP contribution in [0.1, 0.15) is 32.7 Å². The summed E-state index contributed by atoms with van der Waals surface area (Å²) in [6.45, 7) is -0.858. The minimum Gasteiger partial charge on any atom is -0.377 e. The number of nitrogens with zero attached hydrogens (tertiary/aromatic N) is 1. The molecule has 0 spiro atoms. The van der Waals surface area contributed by atoms with Gasteiger partial charge >= 0.3 is 0 Å². The van der Waals surface area contributed by atoms with Gasteiger partial charge in [-0.2, -0.15) is 0 Å². The van der Waals surface area contributed by atoms with Crippen LogP contribution in [0, 0.1) is 0 Å². The molecular formula is C19H17F2NO3. The number of rotatable bonds is 7. The molecule has 25 heavy (non-hydrogen) atoms. The molecule has 0 saturated carbocycles. The lowest BCUT2D eigenvalue weighted by Gasteiger charge is -2.22. The lowest BCUT2D eigenvalue weighted by molar-refractivity contribution is -0.0499. The number of hydrogen-bond donors (Lipinski definition) is 0. The lowest BCUT2D eigenvalue weighted by atomic mass is 10.1. The largest absolute Gasteiger partial charge is 0.377 e. The van der Waals surface area contributed by atoms with E-state index in [4.69, 9.17) is 4.74 Å². The molecule has 0 unspecified atom stereocenters. The Morgan fingerprint density at radius 1 is 0.880 bits per heavy atom. The molecule has 2 aromatic rings. The summed E-state index contributed by atoms with van der Waals surface area (Å²) >= 11 is 0. The Balaban J connectivity index is 1.53. The van der Waals surface area contributed by atoms with Crippen LogP contribution < -0.4 is 0 Å². The number of halogens is 2. The molecule has 6 heteroatoms. The predicted molar refractivity (Wildman–Crippen MR) is 87.5 cm³/mol. The third kappa shape index (κ3) is 3.91. The first-order chi connectivity index (χ1) is 12.0. The highest BCUT2D eigenvalue weighted by Crippen LogP contribution is 2.27. The van der Waals surface area contributed by atoms with E-state index in [-0.39, 0.29) is 24.3 Å². The van der Waals surface area contributed by atoms with Crippen LogP contribution in [0.3, 0.4) is 0 Å². The molecule has 2 aromatic carbocycles. The van der Waals surface area contributed by atoms with Gasteiger partial charge in [-0.05, 0) is 17.7 Å². The maximum atomic E-state index is 14.1. The number of benzene rings is 2. The number of ether oxygens (including phenoxy) is 1. The third-order valence-corrected chi connectivity index (χ3v) is 3.99. The van der Waals surface area contributed by atoms with Gasteiger partial charge in [0.15, 0.2) is 0 Å². The number of amides is 2. The quantitative estimate of drug-likeness (QED) is 0.570. The van der Waals surface area contributed by atoms with Crippen molar-refractivity contribution in [3.05, 3.63) is 71.3 Å². The standard InChI is InChI=1S/C19H17F2NO3/c20-19(21,10-11-25-12-14-6-2-1-3-7-14)13-22-17(23)15-8-4-5-9-16(15)18(22)24/h1-9H,10-13H2. The van der Waals surface area contributed by atoms with E-state index in [2.05, 4.69) is 0 Å². The summed E-state index contributed by atoms with van der Waals surface area (Å²) in [5, 5.41) is 0. The maximum Gasteiger partial charge on any atom is 0.268 e. The van der Waals surface area contributed by atoms with Crippen molar-refractivity contribution in [3.63, 3.8) is 0 Å². The van der Waals surface area contributed by atoms with Crippen molar-refractivity contribution in [2.45, 2.75) is 19.0 Å². The average molecular weight is 345 g/mol. The zero-order valence-electron chi connectivity index (χ0n) is 13.5. The molecule has 2 amide bonds. The molecule has 0 atom stereocenters. The van der Waals surface area contributed by atoms with Gasteiger partial charge in [0.25, 0.3) is 17.7 Å². The second-order valence-electron chi connectivity index (χ2n) is 5.89. The molecule has 0 bridgehead atoms. The molecule has 0 radical (unpaired) electrons. The molecule has 0 saturated heterocycles. The van der Waals surface area contributed by atoms with E-state index in [0.29, 0.717) is 4.90 Å². The monoisotopic (exact) mass is 345 g/mol. The van der Waals surface area contributed by atoms with Crippen molar-refractivity contribution in [1.29, 1.82) is 0 Å². The Labute approximate surface area is 144 Å². The number of hydrogen-bond acceptors (Lipinski definition) is 3. The highest BCUT2D eigenvalue weighted by Gasteiger charge is 2.42. The van der Waals surface area contributed by atoms with Crippen LogP contribution in [0.2, 0.25) is 0 Å². The van der Waals surface area contributed by atoms with Crippen LogP contribution in [0.15, 0.2) is 54.6 Å². The summed E-state index contributed by atoms with van der Waals surface area (Å²) in [5.74, 6) is -4.56. The highest BCUT2D eigenvalue weighted by molar-refractivity contribution is 6.21. The fourth-order valence-corrected chi connectivity index (χ4v) is 2.68. The molecule has 130 valence electrons. The SMILES string of the molecule is O=C1c2ccccc2C(=O)N1CC(F)(F)CCOCc1ccccc1. The zero-order chi connectivity index (χ0) is 17.9. The predicted octanol–water partition coefficient (Wildman–Crippen LogP) is 3.52. The van der Waals surface area contributed by atoms with Gasteiger partial charge in [-0.15, -0.1) is 0 Å². The first-order valence-corrected chi connectivity index (χ1v) is 7.93. The molecular weight excluding hydrogens is 328 g/mol. The smallest absolute Gasteiger partial charge is 0.268 e. The first-order valence-electron chi connectivity index (χ1n) is 7.93. The zero-order valence-corrected chi connectivity index (χ0v) is 13.5. The van der Waals surface area contributed by atoms with E-state index >= 15 is 0 Å². The molecule has 1 heterocycles. The normalized spacial score (nSPS) is 14.1. The van der Waals surface area contributed by atoms with Crippen LogP contribution in [0.25, 0.3) is 0 Å². The van der Waals surface area contributed by atoms with E-state index in [1.54, 1.807) is 12.1 Å². The lowest BCUT2D eigenvalue weighted by Crippen LogP contribution is -2.41. The number of carbonyl (C=O) groups excluding carboxylic acids is 2. The molecule has 1 aliphatic rings. The highest BCUT2D eigenvalue weighted by atomic mass is 19.3. The first kappa shape index (κ1) is 17.2. The summed E-state index contributed by atoms with van der Waals surface area (Å²) < 4.78 is 33.6. The van der Waals surface area contributed by atoms with Crippen molar-refractivity contribution in [3.8, 4) is 0 Å². The van der Waals surface area contributed by atoms with Crippen LogP contribution >= 0.6 is 0 Å². The molecule has 0 N–H and O–H groups in total. The number of imide groups is 1. The average Bonchev–Trinajstić information content (AvgIpc) is 2.85. The van der Waals surface area contributed by atoms with Gasteiger partial charge in [0.05, 0.1) is 30.9 Å². The molecule has 0 fully saturated rings. The molecule has 0 aliphatic carbocycles. The third-order valence-electron chi connectivity index (χ3n) is 3.99. The van der Waals surface area contributed by atoms with Gasteiger partial charge in [-0.1, -0.05) is 42.5 Å². The van der Waals surface area contributed by atoms with Gasteiger partial charge in [0.1, 0.15) is 0 Å². The van der Waals surface area contributed by atoms with Crippen LogP contribution in [0.5, 0.6) is 0 Å². The fourth-order valence-electron chi connectivity index (χ4n) is 2.68. The molecule has 3 rings (SSSR count). The van der Waals surface area contributed by atoms with Crippen molar-refractivity contribution in [2.75, 3.05) is 13.2 Å². The summed E-state index contributed by atoms with van der Waals surface area (Å²) in [6.07, 6.45) is -0.562. The van der Waals surface area contributed by atoms with E-state index in [9.17, 15) is 18.4 Å². The number of carbonyl (C=O) groups is 2. The van der Waals surface area contributed by atoms with E-state index in [1.807, 2.05) is 30.3 Å². The van der Waals surface area contributed by atoms with E-state index < -0.39 is 30.7 Å². The molecule has 1 aliphatic heterocycles. The van der Waals surface area contributed by atoms with Crippen molar-refractivity contribution < 1.29 is 23.1 Å². The van der Waals surface area contributed by atoms with Gasteiger partial charge in [-0.3, -0.25) is 14.5 Å².